The van der Waals surface area contributed by atoms with Gasteiger partial charge in [0, 0.05) is 10.8 Å². The van der Waals surface area contributed by atoms with Crippen molar-refractivity contribution in [2.24, 2.45) is 0 Å². The van der Waals surface area contributed by atoms with Crippen molar-refractivity contribution >= 4 is 20.6 Å². The van der Waals surface area contributed by atoms with E-state index in [4.69, 9.17) is 4.74 Å². The molecule has 0 N–H and O–H groups in total. The molecule has 23 heavy (non-hydrogen) atoms. The molecule has 114 valence electrons. The first-order valence-corrected chi connectivity index (χ1v) is 8.47. The zero-order chi connectivity index (χ0) is 16.3. The fourth-order valence-electron chi connectivity index (χ4n) is 2.21. The Morgan fingerprint density at radius 1 is 0.870 bits per heavy atom. The van der Waals surface area contributed by atoms with E-state index < -0.39 is 9.84 Å². The maximum atomic E-state index is 12.2. The van der Waals surface area contributed by atoms with Gasteiger partial charge in [-0.15, -0.1) is 0 Å². The molecule has 0 saturated heterocycles. The molecule has 3 aromatic rings. The second-order valence-corrected chi connectivity index (χ2v) is 6.65. The highest BCUT2D eigenvalue weighted by Crippen LogP contribution is 2.21. The SMILES string of the molecule is COc1ccc2ccc(C#CS(=O)(=O)c3ccccc3)cc2c1. The van der Waals surface area contributed by atoms with Gasteiger partial charge in [-0.3, -0.25) is 0 Å². The fourth-order valence-corrected chi connectivity index (χ4v) is 3.10. The van der Waals surface area contributed by atoms with Gasteiger partial charge in [-0.25, -0.2) is 8.42 Å². The normalized spacial score (nSPS) is 10.8. The van der Waals surface area contributed by atoms with Crippen LogP contribution in [0.25, 0.3) is 10.8 Å². The minimum Gasteiger partial charge on any atom is -0.497 e. The first-order valence-electron chi connectivity index (χ1n) is 6.99. The molecule has 0 spiro atoms. The van der Waals surface area contributed by atoms with E-state index >= 15 is 0 Å². The number of sulfone groups is 1. The van der Waals surface area contributed by atoms with Crippen LogP contribution < -0.4 is 4.74 Å². The van der Waals surface area contributed by atoms with E-state index in [0.29, 0.717) is 5.56 Å². The number of ether oxygens (including phenoxy) is 1. The summed E-state index contributed by atoms with van der Waals surface area (Å²) >= 11 is 0. The smallest absolute Gasteiger partial charge is 0.245 e. The molecule has 0 aliphatic carbocycles. The average molecular weight is 322 g/mol. The van der Waals surface area contributed by atoms with Crippen molar-refractivity contribution in [1.29, 1.82) is 0 Å². The largest absolute Gasteiger partial charge is 0.497 e. The van der Waals surface area contributed by atoms with Crippen LogP contribution in [-0.4, -0.2) is 15.5 Å². The van der Waals surface area contributed by atoms with Crippen LogP contribution in [-0.2, 0) is 9.84 Å². The predicted molar refractivity (Wildman–Crippen MR) is 91.0 cm³/mol. The molecule has 3 rings (SSSR count). The Morgan fingerprint density at radius 3 is 2.35 bits per heavy atom. The summed E-state index contributed by atoms with van der Waals surface area (Å²) in [5.74, 6) is 3.48. The Labute approximate surface area is 135 Å². The third-order valence-electron chi connectivity index (χ3n) is 3.43. The number of rotatable bonds is 2. The minimum atomic E-state index is -3.61. The Bertz CT molecular complexity index is 1010. The van der Waals surface area contributed by atoms with Gasteiger partial charge >= 0.3 is 0 Å². The zero-order valence-corrected chi connectivity index (χ0v) is 13.3. The summed E-state index contributed by atoms with van der Waals surface area (Å²) in [6.45, 7) is 0. The van der Waals surface area contributed by atoms with E-state index in [-0.39, 0.29) is 4.90 Å². The van der Waals surface area contributed by atoms with Crippen molar-refractivity contribution in [1.82, 2.24) is 0 Å². The van der Waals surface area contributed by atoms with Crippen molar-refractivity contribution in [3.63, 3.8) is 0 Å². The number of methoxy groups -OCH3 is 1. The molecule has 0 atom stereocenters. The second-order valence-electron chi connectivity index (χ2n) is 4.97. The molecule has 3 aromatic carbocycles. The van der Waals surface area contributed by atoms with Crippen molar-refractivity contribution in [2.45, 2.75) is 4.90 Å². The van der Waals surface area contributed by atoms with Gasteiger partial charge in [0.25, 0.3) is 0 Å². The highest BCUT2D eigenvalue weighted by atomic mass is 32.2. The Kier molecular flexibility index (Phi) is 4.05. The number of fused-ring (bicyclic) bond motifs is 1. The van der Waals surface area contributed by atoms with Crippen molar-refractivity contribution in [3.05, 3.63) is 72.3 Å². The van der Waals surface area contributed by atoms with Crippen LogP contribution in [0.2, 0.25) is 0 Å². The van der Waals surface area contributed by atoms with Crippen molar-refractivity contribution in [2.75, 3.05) is 7.11 Å². The maximum absolute atomic E-state index is 12.2. The quantitative estimate of drug-likeness (QED) is 0.677. The molecule has 0 aromatic heterocycles. The highest BCUT2D eigenvalue weighted by molar-refractivity contribution is 7.96. The summed E-state index contributed by atoms with van der Waals surface area (Å²) in [5.41, 5.74) is 0.644. The van der Waals surface area contributed by atoms with Crippen LogP contribution in [0, 0.1) is 11.2 Å². The molecule has 0 saturated carbocycles. The van der Waals surface area contributed by atoms with E-state index in [9.17, 15) is 8.42 Å². The van der Waals surface area contributed by atoms with Crippen molar-refractivity contribution in [3.8, 4) is 16.9 Å². The summed E-state index contributed by atoms with van der Waals surface area (Å²) in [4.78, 5) is 0.204. The van der Waals surface area contributed by atoms with Gasteiger partial charge in [-0.1, -0.05) is 30.3 Å². The topological polar surface area (TPSA) is 43.4 Å². The van der Waals surface area contributed by atoms with Crippen LogP contribution in [0.3, 0.4) is 0 Å². The highest BCUT2D eigenvalue weighted by Gasteiger charge is 2.09. The third kappa shape index (κ3) is 3.36. The number of benzene rings is 3. The number of hydrogen-bond acceptors (Lipinski definition) is 3. The summed E-state index contributed by atoms with van der Waals surface area (Å²) in [6, 6.07) is 19.5. The van der Waals surface area contributed by atoms with Crippen LogP contribution in [0.4, 0.5) is 0 Å². The van der Waals surface area contributed by atoms with Crippen LogP contribution in [0.5, 0.6) is 5.75 Å². The molecule has 4 heteroatoms. The molecule has 0 amide bonds. The van der Waals surface area contributed by atoms with E-state index in [0.717, 1.165) is 16.5 Å². The molecule has 0 fully saturated rings. The van der Waals surface area contributed by atoms with Gasteiger partial charge < -0.3 is 4.74 Å². The standard InChI is InChI=1S/C19H14O3S/c1-22-18-10-9-16-8-7-15(13-17(16)14-18)11-12-23(20,21)19-5-3-2-4-6-19/h2-10,13-14H,1H3. The molecule has 0 unspecified atom stereocenters. The zero-order valence-electron chi connectivity index (χ0n) is 12.5. The molecule has 0 radical (unpaired) electrons. The van der Waals surface area contributed by atoms with Crippen molar-refractivity contribution < 1.29 is 13.2 Å². The van der Waals surface area contributed by atoms with Gasteiger partial charge in [0.15, 0.2) is 0 Å². The fraction of sp³-hybridized carbons (Fsp3) is 0.0526. The van der Waals surface area contributed by atoms with Crippen LogP contribution >= 0.6 is 0 Å². The van der Waals surface area contributed by atoms with Gasteiger partial charge in [0.05, 0.1) is 12.0 Å². The van der Waals surface area contributed by atoms with Crippen LogP contribution in [0.15, 0.2) is 71.6 Å². The van der Waals surface area contributed by atoms with Gasteiger partial charge in [0.2, 0.25) is 9.84 Å². The predicted octanol–water partition coefficient (Wildman–Crippen LogP) is 3.63. The van der Waals surface area contributed by atoms with E-state index in [2.05, 4.69) is 11.2 Å². The van der Waals surface area contributed by atoms with E-state index in [1.165, 1.54) is 12.1 Å². The molecule has 0 aliphatic rings. The lowest BCUT2D eigenvalue weighted by molar-refractivity contribution is 0.415. The lowest BCUT2D eigenvalue weighted by Crippen LogP contribution is -1.96. The number of hydrogen-bond donors (Lipinski definition) is 0. The lowest BCUT2D eigenvalue weighted by atomic mass is 10.1. The Hall–Kier alpha value is -2.77. The first kappa shape index (κ1) is 15.1. The summed E-state index contributed by atoms with van der Waals surface area (Å²) < 4.78 is 29.6. The van der Waals surface area contributed by atoms with E-state index in [1.807, 2.05) is 36.4 Å². The summed E-state index contributed by atoms with van der Waals surface area (Å²) in [5, 5.41) is 4.37. The molecular formula is C19H14O3S. The average Bonchev–Trinajstić information content (AvgIpc) is 2.60. The molecule has 0 aliphatic heterocycles. The Balaban J connectivity index is 1.99. The first-order chi connectivity index (χ1) is 11.1. The van der Waals surface area contributed by atoms with Crippen LogP contribution in [0.1, 0.15) is 5.56 Å². The van der Waals surface area contributed by atoms with Gasteiger partial charge in [0.1, 0.15) is 5.75 Å². The Morgan fingerprint density at radius 2 is 1.61 bits per heavy atom. The van der Waals surface area contributed by atoms with Gasteiger partial charge in [-0.05, 0) is 53.1 Å². The van der Waals surface area contributed by atoms with E-state index in [1.54, 1.807) is 25.3 Å². The minimum absolute atomic E-state index is 0.204. The second kappa shape index (κ2) is 6.15. The molecule has 0 heterocycles. The van der Waals surface area contributed by atoms with Gasteiger partial charge in [-0.2, -0.15) is 0 Å². The third-order valence-corrected chi connectivity index (χ3v) is 4.69. The summed E-state index contributed by atoms with van der Waals surface area (Å²) in [7, 11) is -2.00. The molecule has 3 nitrogen and oxygen atoms in total. The lowest BCUT2D eigenvalue weighted by Gasteiger charge is -2.02. The summed E-state index contributed by atoms with van der Waals surface area (Å²) in [6.07, 6.45) is 0. The molecule has 0 bridgehead atoms. The maximum Gasteiger partial charge on any atom is 0.245 e. The molecular weight excluding hydrogens is 308 g/mol. The monoisotopic (exact) mass is 322 g/mol.